The van der Waals surface area contributed by atoms with Gasteiger partial charge in [0.2, 0.25) is 10.0 Å². The lowest BCUT2D eigenvalue weighted by molar-refractivity contribution is 0.206. The third-order valence-electron chi connectivity index (χ3n) is 5.16. The van der Waals surface area contributed by atoms with Gasteiger partial charge in [0, 0.05) is 11.1 Å². The van der Waals surface area contributed by atoms with E-state index < -0.39 is 16.1 Å². The molecule has 1 heterocycles. The van der Waals surface area contributed by atoms with Crippen molar-refractivity contribution in [1.82, 2.24) is 4.31 Å². The maximum absolute atomic E-state index is 13.8. The van der Waals surface area contributed by atoms with Crippen LogP contribution < -0.4 is 0 Å². The first kappa shape index (κ1) is 21.1. The van der Waals surface area contributed by atoms with Gasteiger partial charge in [-0.2, -0.15) is 4.31 Å². The van der Waals surface area contributed by atoms with Crippen LogP contribution in [0.25, 0.3) is 0 Å². The molecule has 1 unspecified atom stereocenters. The van der Waals surface area contributed by atoms with Crippen LogP contribution in [0.4, 0.5) is 0 Å². The number of aryl methyl sites for hydroxylation is 1. The topological polar surface area (TPSA) is 57.6 Å². The van der Waals surface area contributed by atoms with Gasteiger partial charge in [0.25, 0.3) is 0 Å². The second-order valence-corrected chi connectivity index (χ2v) is 10.5. The van der Waals surface area contributed by atoms with Crippen molar-refractivity contribution in [2.24, 2.45) is 5.41 Å². The Kier molecular flexibility index (Phi) is 5.74. The molecule has 0 radical (unpaired) electrons. The molecular formula is C22H26ClNO3S. The zero-order chi connectivity index (χ0) is 20.7. The lowest BCUT2D eigenvalue weighted by Gasteiger charge is -2.37. The van der Waals surface area contributed by atoms with Gasteiger partial charge in [-0.25, -0.2) is 8.42 Å². The van der Waals surface area contributed by atoms with Crippen LogP contribution in [0.1, 0.15) is 37.9 Å². The standard InChI is InChI=1S/C22H26ClNO3S/c1-15-7-5-6-8-19(15)28(26,27)24-20(22(2,3)4)13-17(14-25)21(24)16-9-11-18(23)12-10-16/h5-13,20-21,25H,14H2,1-4H3/t20-,21?/m0/s1. The zero-order valence-corrected chi connectivity index (χ0v) is 18.1. The van der Waals surface area contributed by atoms with Crippen LogP contribution in [-0.2, 0) is 10.0 Å². The normalized spacial score (nSPS) is 21.0. The van der Waals surface area contributed by atoms with E-state index >= 15 is 0 Å². The van der Waals surface area contributed by atoms with E-state index in [-0.39, 0.29) is 23.0 Å². The number of aliphatic hydroxyl groups excluding tert-OH is 1. The molecule has 0 saturated carbocycles. The van der Waals surface area contributed by atoms with Gasteiger partial charge >= 0.3 is 0 Å². The number of nitrogens with zero attached hydrogens (tertiary/aromatic N) is 1. The van der Waals surface area contributed by atoms with Crippen molar-refractivity contribution in [3.8, 4) is 0 Å². The Morgan fingerprint density at radius 3 is 2.21 bits per heavy atom. The van der Waals surface area contributed by atoms with Gasteiger partial charge in [-0.15, -0.1) is 0 Å². The molecule has 0 fully saturated rings. The maximum Gasteiger partial charge on any atom is 0.244 e. The molecule has 0 aliphatic carbocycles. The molecule has 0 amide bonds. The molecule has 3 rings (SSSR count). The summed E-state index contributed by atoms with van der Waals surface area (Å²) in [5.41, 5.74) is 1.81. The van der Waals surface area contributed by atoms with Crippen molar-refractivity contribution in [2.45, 2.75) is 44.7 Å². The molecule has 28 heavy (non-hydrogen) atoms. The zero-order valence-electron chi connectivity index (χ0n) is 16.6. The van der Waals surface area contributed by atoms with Crippen molar-refractivity contribution in [3.63, 3.8) is 0 Å². The van der Waals surface area contributed by atoms with Gasteiger partial charge in [-0.05, 0) is 47.2 Å². The Bertz CT molecular complexity index is 991. The summed E-state index contributed by atoms with van der Waals surface area (Å²) in [6.45, 7) is 7.61. The number of benzene rings is 2. The fourth-order valence-electron chi connectivity index (χ4n) is 3.72. The summed E-state index contributed by atoms with van der Waals surface area (Å²) in [5, 5.41) is 10.6. The summed E-state index contributed by atoms with van der Waals surface area (Å²) in [4.78, 5) is 0.288. The summed E-state index contributed by atoms with van der Waals surface area (Å²) < 4.78 is 29.2. The van der Waals surface area contributed by atoms with Crippen LogP contribution in [-0.4, -0.2) is 30.5 Å². The lowest BCUT2D eigenvalue weighted by atomic mass is 9.87. The lowest BCUT2D eigenvalue weighted by Crippen LogP contribution is -2.45. The van der Waals surface area contributed by atoms with Gasteiger partial charge in [-0.1, -0.05) is 68.8 Å². The Morgan fingerprint density at radius 2 is 1.68 bits per heavy atom. The van der Waals surface area contributed by atoms with E-state index in [1.807, 2.05) is 45.0 Å². The minimum absolute atomic E-state index is 0.209. The first-order valence-electron chi connectivity index (χ1n) is 9.23. The first-order chi connectivity index (χ1) is 13.1. The maximum atomic E-state index is 13.8. The minimum Gasteiger partial charge on any atom is -0.392 e. The van der Waals surface area contributed by atoms with Crippen LogP contribution in [0.15, 0.2) is 65.1 Å². The van der Waals surface area contributed by atoms with Crippen molar-refractivity contribution >= 4 is 21.6 Å². The largest absolute Gasteiger partial charge is 0.392 e. The predicted molar refractivity (Wildman–Crippen MR) is 113 cm³/mol. The highest BCUT2D eigenvalue weighted by molar-refractivity contribution is 7.89. The number of hydrogen-bond acceptors (Lipinski definition) is 3. The molecule has 0 aromatic heterocycles. The van der Waals surface area contributed by atoms with E-state index in [0.717, 1.165) is 5.56 Å². The number of halogens is 1. The van der Waals surface area contributed by atoms with Crippen LogP contribution >= 0.6 is 11.6 Å². The molecule has 150 valence electrons. The van der Waals surface area contributed by atoms with Crippen LogP contribution in [0.5, 0.6) is 0 Å². The SMILES string of the molecule is Cc1ccccc1S(=O)(=O)N1C(c2ccc(Cl)cc2)C(CO)=C[C@H]1C(C)(C)C. The van der Waals surface area contributed by atoms with Crippen molar-refractivity contribution in [1.29, 1.82) is 0 Å². The molecule has 0 bridgehead atoms. The van der Waals surface area contributed by atoms with Gasteiger partial charge < -0.3 is 5.11 Å². The predicted octanol–water partition coefficient (Wildman–Crippen LogP) is 4.73. The molecule has 1 aliphatic heterocycles. The summed E-state index contributed by atoms with van der Waals surface area (Å²) in [7, 11) is -3.81. The number of hydrogen-bond donors (Lipinski definition) is 1. The molecule has 2 aromatic rings. The quantitative estimate of drug-likeness (QED) is 0.729. The van der Waals surface area contributed by atoms with Crippen molar-refractivity contribution in [3.05, 3.63) is 76.3 Å². The van der Waals surface area contributed by atoms with Crippen LogP contribution in [0.2, 0.25) is 5.02 Å². The average molecular weight is 420 g/mol. The summed E-state index contributed by atoms with van der Waals surface area (Å²) in [6.07, 6.45) is 1.90. The van der Waals surface area contributed by atoms with Crippen molar-refractivity contribution < 1.29 is 13.5 Å². The smallest absolute Gasteiger partial charge is 0.244 e. The molecule has 1 aliphatic rings. The summed E-state index contributed by atoms with van der Waals surface area (Å²) in [6, 6.07) is 13.2. The molecular weight excluding hydrogens is 394 g/mol. The van der Waals surface area contributed by atoms with Crippen LogP contribution in [0, 0.1) is 12.3 Å². The highest BCUT2D eigenvalue weighted by atomic mass is 35.5. The van der Waals surface area contributed by atoms with E-state index in [4.69, 9.17) is 11.6 Å². The number of rotatable bonds is 4. The fourth-order valence-corrected chi connectivity index (χ4v) is 6.01. The molecule has 1 N–H and O–H groups in total. The Hall–Kier alpha value is -1.66. The molecule has 0 saturated heterocycles. The molecule has 6 heteroatoms. The van der Waals surface area contributed by atoms with E-state index in [1.54, 1.807) is 41.6 Å². The number of aliphatic hydroxyl groups is 1. The van der Waals surface area contributed by atoms with Gasteiger partial charge in [-0.3, -0.25) is 0 Å². The molecule has 0 spiro atoms. The molecule has 4 nitrogen and oxygen atoms in total. The van der Waals surface area contributed by atoms with E-state index in [9.17, 15) is 13.5 Å². The minimum atomic E-state index is -3.81. The first-order valence-corrected chi connectivity index (χ1v) is 11.0. The highest BCUT2D eigenvalue weighted by Crippen LogP contribution is 2.46. The Labute approximate surface area is 172 Å². The van der Waals surface area contributed by atoms with Gasteiger partial charge in [0.1, 0.15) is 0 Å². The van der Waals surface area contributed by atoms with E-state index in [2.05, 4.69) is 0 Å². The molecule has 2 atom stereocenters. The summed E-state index contributed by atoms with van der Waals surface area (Å²) in [5.74, 6) is 0. The fraction of sp³-hybridized carbons (Fsp3) is 0.364. The molecule has 2 aromatic carbocycles. The van der Waals surface area contributed by atoms with Crippen LogP contribution in [0.3, 0.4) is 0 Å². The Morgan fingerprint density at radius 1 is 1.07 bits per heavy atom. The second kappa shape index (κ2) is 7.64. The van der Waals surface area contributed by atoms with E-state index in [1.165, 1.54) is 0 Å². The third-order valence-corrected chi connectivity index (χ3v) is 7.42. The van der Waals surface area contributed by atoms with Crippen molar-refractivity contribution in [2.75, 3.05) is 6.61 Å². The highest BCUT2D eigenvalue weighted by Gasteiger charge is 2.47. The monoisotopic (exact) mass is 419 g/mol. The average Bonchev–Trinajstić information content (AvgIpc) is 3.03. The van der Waals surface area contributed by atoms with E-state index in [0.29, 0.717) is 16.2 Å². The van der Waals surface area contributed by atoms with Gasteiger partial charge in [0.05, 0.1) is 17.5 Å². The summed E-state index contributed by atoms with van der Waals surface area (Å²) >= 11 is 6.04. The third kappa shape index (κ3) is 3.77. The van der Waals surface area contributed by atoms with Gasteiger partial charge in [0.15, 0.2) is 0 Å². The number of sulfonamides is 1. The second-order valence-electron chi connectivity index (χ2n) is 8.27. The Balaban J connectivity index is 2.22.